The summed E-state index contributed by atoms with van der Waals surface area (Å²) in [5.74, 6) is 0.955. The van der Waals surface area contributed by atoms with Crippen molar-refractivity contribution in [3.8, 4) is 5.75 Å². The lowest BCUT2D eigenvalue weighted by molar-refractivity contribution is 0.404. The van der Waals surface area contributed by atoms with Gasteiger partial charge in [0, 0.05) is 19.1 Å². The van der Waals surface area contributed by atoms with Crippen molar-refractivity contribution in [2.24, 2.45) is 5.73 Å². The van der Waals surface area contributed by atoms with Crippen molar-refractivity contribution in [3.63, 3.8) is 0 Å². The van der Waals surface area contributed by atoms with Crippen molar-refractivity contribution in [2.75, 3.05) is 25.6 Å². The van der Waals surface area contributed by atoms with Crippen LogP contribution in [0.2, 0.25) is 0 Å². The second-order valence-corrected chi connectivity index (χ2v) is 5.59. The van der Waals surface area contributed by atoms with Gasteiger partial charge >= 0.3 is 0 Å². The Balaban J connectivity index is 3.45. The summed E-state index contributed by atoms with van der Waals surface area (Å²) in [6.45, 7) is 11.2. The topological polar surface area (TPSA) is 38.5 Å². The maximum Gasteiger partial charge on any atom is 0.145 e. The molecule has 0 spiro atoms. The molecule has 0 saturated heterocycles. The molecule has 0 aliphatic carbocycles. The standard InChI is InChI=1S/C15H26N2O/c1-10-8-11(2)13(14(18-7)12(10)3)17(6)15(4,5)9-16/h8H,9,16H2,1-7H3. The Morgan fingerprint density at radius 2 is 1.78 bits per heavy atom. The highest BCUT2D eigenvalue weighted by Gasteiger charge is 2.26. The first-order valence-corrected chi connectivity index (χ1v) is 6.35. The van der Waals surface area contributed by atoms with Crippen LogP contribution in [0, 0.1) is 20.8 Å². The van der Waals surface area contributed by atoms with Gasteiger partial charge in [-0.3, -0.25) is 0 Å². The predicted molar refractivity (Wildman–Crippen MR) is 78.7 cm³/mol. The molecule has 1 rings (SSSR count). The number of rotatable bonds is 4. The highest BCUT2D eigenvalue weighted by atomic mass is 16.5. The third-order valence-electron chi connectivity index (χ3n) is 3.90. The van der Waals surface area contributed by atoms with Gasteiger partial charge < -0.3 is 15.4 Å². The molecule has 3 heteroatoms. The zero-order chi connectivity index (χ0) is 14.1. The summed E-state index contributed by atoms with van der Waals surface area (Å²) in [7, 11) is 3.81. The van der Waals surface area contributed by atoms with Crippen molar-refractivity contribution in [1.29, 1.82) is 0 Å². The summed E-state index contributed by atoms with van der Waals surface area (Å²) in [5, 5.41) is 0. The van der Waals surface area contributed by atoms with Crippen LogP contribution in [-0.2, 0) is 0 Å². The number of nitrogens with zero attached hydrogens (tertiary/aromatic N) is 1. The molecule has 0 fully saturated rings. The fraction of sp³-hybridized carbons (Fsp3) is 0.600. The maximum atomic E-state index is 5.87. The van der Waals surface area contributed by atoms with E-state index in [0.717, 1.165) is 11.4 Å². The predicted octanol–water partition coefficient (Wildman–Crippen LogP) is 2.79. The van der Waals surface area contributed by atoms with Crippen LogP contribution in [0.1, 0.15) is 30.5 Å². The lowest BCUT2D eigenvalue weighted by Crippen LogP contribution is -2.47. The van der Waals surface area contributed by atoms with Crippen molar-refractivity contribution >= 4 is 5.69 Å². The van der Waals surface area contributed by atoms with Crippen LogP contribution in [0.3, 0.4) is 0 Å². The van der Waals surface area contributed by atoms with E-state index in [1.165, 1.54) is 16.7 Å². The first-order chi connectivity index (χ1) is 8.26. The normalized spacial score (nSPS) is 11.6. The molecule has 0 atom stereocenters. The minimum absolute atomic E-state index is 0.0975. The number of benzene rings is 1. The minimum atomic E-state index is -0.0975. The molecule has 0 bridgehead atoms. The second-order valence-electron chi connectivity index (χ2n) is 5.59. The third kappa shape index (κ3) is 2.46. The van der Waals surface area contributed by atoms with Crippen LogP contribution in [-0.4, -0.2) is 26.2 Å². The molecule has 2 N–H and O–H groups in total. The van der Waals surface area contributed by atoms with E-state index in [9.17, 15) is 0 Å². The molecule has 0 heterocycles. The van der Waals surface area contributed by atoms with E-state index in [2.05, 4.69) is 52.6 Å². The van der Waals surface area contributed by atoms with Gasteiger partial charge in [-0.2, -0.15) is 0 Å². The van der Waals surface area contributed by atoms with Gasteiger partial charge in [-0.25, -0.2) is 0 Å². The van der Waals surface area contributed by atoms with Crippen molar-refractivity contribution in [1.82, 2.24) is 0 Å². The fourth-order valence-corrected chi connectivity index (χ4v) is 2.14. The van der Waals surface area contributed by atoms with Gasteiger partial charge in [0.05, 0.1) is 12.8 Å². The van der Waals surface area contributed by atoms with Gasteiger partial charge in [0.2, 0.25) is 0 Å². The number of anilines is 1. The van der Waals surface area contributed by atoms with Crippen molar-refractivity contribution < 1.29 is 4.74 Å². The summed E-state index contributed by atoms with van der Waals surface area (Å²) >= 11 is 0. The van der Waals surface area contributed by atoms with E-state index in [1.54, 1.807) is 7.11 Å². The Morgan fingerprint density at radius 3 is 2.22 bits per heavy atom. The molecular weight excluding hydrogens is 224 g/mol. The van der Waals surface area contributed by atoms with Gasteiger partial charge in [-0.1, -0.05) is 6.07 Å². The van der Waals surface area contributed by atoms with E-state index in [1.807, 2.05) is 0 Å². The Labute approximate surface area is 111 Å². The average molecular weight is 250 g/mol. The maximum absolute atomic E-state index is 5.87. The van der Waals surface area contributed by atoms with Gasteiger partial charge in [0.1, 0.15) is 5.75 Å². The lowest BCUT2D eigenvalue weighted by atomic mass is 9.97. The van der Waals surface area contributed by atoms with Gasteiger partial charge in [-0.05, 0) is 51.3 Å². The Kier molecular flexibility index (Phi) is 4.28. The van der Waals surface area contributed by atoms with E-state index >= 15 is 0 Å². The van der Waals surface area contributed by atoms with Crippen LogP contribution < -0.4 is 15.4 Å². The van der Waals surface area contributed by atoms with Gasteiger partial charge in [0.15, 0.2) is 0 Å². The Morgan fingerprint density at radius 1 is 1.22 bits per heavy atom. The average Bonchev–Trinajstić information content (AvgIpc) is 2.32. The molecular formula is C15H26N2O. The molecule has 1 aromatic carbocycles. The first-order valence-electron chi connectivity index (χ1n) is 6.35. The summed E-state index contributed by atoms with van der Waals surface area (Å²) in [6.07, 6.45) is 0. The summed E-state index contributed by atoms with van der Waals surface area (Å²) in [4.78, 5) is 2.22. The summed E-state index contributed by atoms with van der Waals surface area (Å²) < 4.78 is 5.62. The largest absolute Gasteiger partial charge is 0.494 e. The summed E-state index contributed by atoms with van der Waals surface area (Å²) in [6, 6.07) is 2.20. The third-order valence-corrected chi connectivity index (χ3v) is 3.90. The van der Waals surface area contributed by atoms with E-state index in [0.29, 0.717) is 6.54 Å². The minimum Gasteiger partial charge on any atom is -0.494 e. The molecule has 18 heavy (non-hydrogen) atoms. The smallest absolute Gasteiger partial charge is 0.145 e. The fourth-order valence-electron chi connectivity index (χ4n) is 2.14. The number of nitrogens with two attached hydrogens (primary N) is 1. The zero-order valence-electron chi connectivity index (χ0n) is 12.7. The highest BCUT2D eigenvalue weighted by Crippen LogP contribution is 2.38. The molecule has 3 nitrogen and oxygen atoms in total. The second kappa shape index (κ2) is 5.19. The van der Waals surface area contributed by atoms with E-state index < -0.39 is 0 Å². The van der Waals surface area contributed by atoms with Gasteiger partial charge in [0.25, 0.3) is 0 Å². The Bertz CT molecular complexity index is 439. The number of hydrogen-bond donors (Lipinski definition) is 1. The van der Waals surface area contributed by atoms with Crippen molar-refractivity contribution in [3.05, 3.63) is 22.8 Å². The highest BCUT2D eigenvalue weighted by molar-refractivity contribution is 5.68. The SMILES string of the molecule is COc1c(C)c(C)cc(C)c1N(C)C(C)(C)CN. The number of ether oxygens (including phenoxy) is 1. The van der Waals surface area contributed by atoms with E-state index in [4.69, 9.17) is 10.5 Å². The van der Waals surface area contributed by atoms with Crippen LogP contribution in [0.15, 0.2) is 6.07 Å². The first kappa shape index (κ1) is 14.8. The molecule has 0 aliphatic heterocycles. The summed E-state index contributed by atoms with van der Waals surface area (Å²) in [5.41, 5.74) is 10.6. The van der Waals surface area contributed by atoms with Crippen LogP contribution in [0.5, 0.6) is 5.75 Å². The molecule has 1 aromatic rings. The van der Waals surface area contributed by atoms with Gasteiger partial charge in [-0.15, -0.1) is 0 Å². The quantitative estimate of drug-likeness (QED) is 0.893. The molecule has 0 saturated carbocycles. The number of methoxy groups -OCH3 is 1. The molecule has 0 aliphatic rings. The number of likely N-dealkylation sites (N-methyl/N-ethyl adjacent to an activating group) is 1. The monoisotopic (exact) mass is 250 g/mol. The van der Waals surface area contributed by atoms with Crippen LogP contribution >= 0.6 is 0 Å². The van der Waals surface area contributed by atoms with Crippen molar-refractivity contribution in [2.45, 2.75) is 40.2 Å². The number of hydrogen-bond acceptors (Lipinski definition) is 3. The number of aryl methyl sites for hydroxylation is 2. The lowest BCUT2D eigenvalue weighted by Gasteiger charge is -2.38. The van der Waals surface area contributed by atoms with Crippen LogP contribution in [0.25, 0.3) is 0 Å². The molecule has 0 radical (unpaired) electrons. The molecule has 0 amide bonds. The Hall–Kier alpha value is -1.22. The molecule has 102 valence electrons. The van der Waals surface area contributed by atoms with Crippen LogP contribution in [0.4, 0.5) is 5.69 Å². The molecule has 0 aromatic heterocycles. The molecule has 0 unspecified atom stereocenters. The zero-order valence-corrected chi connectivity index (χ0v) is 12.7. The van der Waals surface area contributed by atoms with E-state index in [-0.39, 0.29) is 5.54 Å².